The minimum absolute atomic E-state index is 0.168. The topological polar surface area (TPSA) is 80.9 Å². The lowest BCUT2D eigenvalue weighted by atomic mass is 10.2. The van der Waals surface area contributed by atoms with Crippen LogP contribution in [0.25, 0.3) is 10.2 Å². The standard InChI is InChI=1S/C13H12N4OS2/c1-7-9(19-6-17-7)5-16-12(18)11-10(14)8-3-2-4-15-13(8)20-11/h2-4,6H,5,14H2,1H3,(H,16,18). The van der Waals surface area contributed by atoms with E-state index in [0.29, 0.717) is 17.1 Å². The Morgan fingerprint density at radius 2 is 2.30 bits per heavy atom. The summed E-state index contributed by atoms with van der Waals surface area (Å²) in [5.41, 5.74) is 9.23. The van der Waals surface area contributed by atoms with E-state index in [1.54, 1.807) is 11.7 Å². The molecule has 1 amide bonds. The Balaban J connectivity index is 1.82. The van der Waals surface area contributed by atoms with Crippen molar-refractivity contribution in [1.29, 1.82) is 0 Å². The number of nitrogens with two attached hydrogens (primary N) is 1. The number of pyridine rings is 1. The Morgan fingerprint density at radius 3 is 3.00 bits per heavy atom. The zero-order valence-corrected chi connectivity index (χ0v) is 12.3. The summed E-state index contributed by atoms with van der Waals surface area (Å²) in [7, 11) is 0. The molecule has 3 aromatic heterocycles. The van der Waals surface area contributed by atoms with Gasteiger partial charge in [0.15, 0.2) is 0 Å². The largest absolute Gasteiger partial charge is 0.397 e. The van der Waals surface area contributed by atoms with E-state index in [2.05, 4.69) is 15.3 Å². The number of hydrogen-bond acceptors (Lipinski definition) is 6. The molecule has 102 valence electrons. The third-order valence-corrected chi connectivity index (χ3v) is 5.03. The predicted octanol–water partition coefficient (Wildman–Crippen LogP) is 2.57. The summed E-state index contributed by atoms with van der Waals surface area (Å²) in [6, 6.07) is 3.69. The minimum Gasteiger partial charge on any atom is -0.397 e. The lowest BCUT2D eigenvalue weighted by Gasteiger charge is -2.03. The molecule has 7 heteroatoms. The summed E-state index contributed by atoms with van der Waals surface area (Å²) < 4.78 is 0. The molecule has 0 aliphatic heterocycles. The van der Waals surface area contributed by atoms with Gasteiger partial charge in [-0.3, -0.25) is 4.79 Å². The molecule has 3 rings (SSSR count). The van der Waals surface area contributed by atoms with E-state index in [-0.39, 0.29) is 5.91 Å². The summed E-state index contributed by atoms with van der Waals surface area (Å²) >= 11 is 2.84. The molecule has 20 heavy (non-hydrogen) atoms. The summed E-state index contributed by atoms with van der Waals surface area (Å²) in [6.07, 6.45) is 1.70. The summed E-state index contributed by atoms with van der Waals surface area (Å²) in [4.78, 5) is 22.9. The maximum atomic E-state index is 12.2. The molecule has 3 aromatic rings. The van der Waals surface area contributed by atoms with Crippen molar-refractivity contribution in [3.63, 3.8) is 0 Å². The number of thiophene rings is 1. The van der Waals surface area contributed by atoms with Crippen LogP contribution in [0.1, 0.15) is 20.2 Å². The Hall–Kier alpha value is -1.99. The molecule has 3 N–H and O–H groups in total. The lowest BCUT2D eigenvalue weighted by Crippen LogP contribution is -2.22. The predicted molar refractivity (Wildman–Crippen MR) is 82.1 cm³/mol. The van der Waals surface area contributed by atoms with Gasteiger partial charge in [-0.1, -0.05) is 0 Å². The third kappa shape index (κ3) is 2.25. The number of fused-ring (bicyclic) bond motifs is 1. The first-order valence-electron chi connectivity index (χ1n) is 5.97. The first-order valence-corrected chi connectivity index (χ1v) is 7.66. The van der Waals surface area contributed by atoms with Crippen molar-refractivity contribution in [3.05, 3.63) is 39.3 Å². The van der Waals surface area contributed by atoms with Gasteiger partial charge < -0.3 is 11.1 Å². The Bertz CT molecular complexity index is 778. The van der Waals surface area contributed by atoms with Crippen LogP contribution in [0, 0.1) is 6.92 Å². The van der Waals surface area contributed by atoms with Crippen LogP contribution in [0.3, 0.4) is 0 Å². The third-order valence-electron chi connectivity index (χ3n) is 2.97. The average molecular weight is 304 g/mol. The van der Waals surface area contributed by atoms with Crippen molar-refractivity contribution in [2.45, 2.75) is 13.5 Å². The van der Waals surface area contributed by atoms with Gasteiger partial charge in [0.2, 0.25) is 0 Å². The number of nitrogens with one attached hydrogen (secondary N) is 1. The second-order valence-corrected chi connectivity index (χ2v) is 6.18. The first kappa shape index (κ1) is 13.0. The number of nitrogens with zero attached hydrogens (tertiary/aromatic N) is 2. The fraction of sp³-hybridized carbons (Fsp3) is 0.154. The average Bonchev–Trinajstić information content (AvgIpc) is 3.01. The molecule has 0 aromatic carbocycles. The van der Waals surface area contributed by atoms with Crippen LogP contribution in [0.4, 0.5) is 5.69 Å². The van der Waals surface area contributed by atoms with Crippen molar-refractivity contribution in [2.75, 3.05) is 5.73 Å². The van der Waals surface area contributed by atoms with Crippen molar-refractivity contribution < 1.29 is 4.79 Å². The summed E-state index contributed by atoms with van der Waals surface area (Å²) in [6.45, 7) is 2.39. The van der Waals surface area contributed by atoms with Crippen LogP contribution in [0.2, 0.25) is 0 Å². The van der Waals surface area contributed by atoms with Gasteiger partial charge in [-0.25, -0.2) is 9.97 Å². The monoisotopic (exact) mass is 304 g/mol. The number of amides is 1. The fourth-order valence-corrected chi connectivity index (χ4v) is 3.55. The summed E-state index contributed by atoms with van der Waals surface area (Å²) in [5, 5.41) is 3.71. The summed E-state index contributed by atoms with van der Waals surface area (Å²) in [5.74, 6) is -0.168. The number of thiazole rings is 1. The molecule has 0 radical (unpaired) electrons. The molecule has 0 saturated carbocycles. The van der Waals surface area contributed by atoms with Gasteiger partial charge in [-0.15, -0.1) is 22.7 Å². The molecule has 5 nitrogen and oxygen atoms in total. The number of aryl methyl sites for hydroxylation is 1. The van der Waals surface area contributed by atoms with Crippen LogP contribution in [0.5, 0.6) is 0 Å². The van der Waals surface area contributed by atoms with Crippen LogP contribution >= 0.6 is 22.7 Å². The van der Waals surface area contributed by atoms with E-state index in [1.165, 1.54) is 22.7 Å². The maximum Gasteiger partial charge on any atom is 0.263 e. The molecule has 0 bridgehead atoms. The normalized spacial score (nSPS) is 10.8. The van der Waals surface area contributed by atoms with Gasteiger partial charge in [0.05, 0.1) is 23.4 Å². The Labute approximate surface area is 123 Å². The van der Waals surface area contributed by atoms with Crippen LogP contribution in [0.15, 0.2) is 23.8 Å². The minimum atomic E-state index is -0.168. The van der Waals surface area contributed by atoms with E-state index < -0.39 is 0 Å². The molecule has 0 aliphatic carbocycles. The maximum absolute atomic E-state index is 12.2. The van der Waals surface area contributed by atoms with Gasteiger partial charge in [0.25, 0.3) is 5.91 Å². The van der Waals surface area contributed by atoms with Gasteiger partial charge in [-0.05, 0) is 19.1 Å². The smallest absolute Gasteiger partial charge is 0.263 e. The van der Waals surface area contributed by atoms with E-state index in [1.807, 2.05) is 19.1 Å². The number of anilines is 1. The van der Waals surface area contributed by atoms with Gasteiger partial charge in [0, 0.05) is 16.5 Å². The first-order chi connectivity index (χ1) is 9.66. The molecule has 0 spiro atoms. The highest BCUT2D eigenvalue weighted by Gasteiger charge is 2.17. The quantitative estimate of drug-likeness (QED) is 0.779. The number of rotatable bonds is 3. The van der Waals surface area contributed by atoms with E-state index in [4.69, 9.17) is 5.73 Å². The number of nitrogen functional groups attached to an aromatic ring is 1. The second-order valence-electron chi connectivity index (χ2n) is 4.24. The molecular formula is C13H12N4OS2. The highest BCUT2D eigenvalue weighted by atomic mass is 32.1. The van der Waals surface area contributed by atoms with Crippen LogP contribution in [-0.4, -0.2) is 15.9 Å². The molecule has 0 saturated heterocycles. The molecule has 0 atom stereocenters. The molecule has 0 aliphatic rings. The second kappa shape index (κ2) is 5.18. The molecule has 0 fully saturated rings. The van der Waals surface area contributed by atoms with Crippen molar-refractivity contribution in [1.82, 2.24) is 15.3 Å². The van der Waals surface area contributed by atoms with Crippen molar-refractivity contribution in [2.24, 2.45) is 0 Å². The lowest BCUT2D eigenvalue weighted by molar-refractivity contribution is 0.0956. The molecule has 3 heterocycles. The SMILES string of the molecule is Cc1ncsc1CNC(=O)c1sc2ncccc2c1N. The number of hydrogen-bond donors (Lipinski definition) is 2. The molecule has 0 unspecified atom stereocenters. The van der Waals surface area contributed by atoms with Crippen molar-refractivity contribution >= 4 is 44.5 Å². The van der Waals surface area contributed by atoms with Crippen LogP contribution < -0.4 is 11.1 Å². The number of carbonyl (C=O) groups excluding carboxylic acids is 1. The fourth-order valence-electron chi connectivity index (χ4n) is 1.86. The van der Waals surface area contributed by atoms with Crippen molar-refractivity contribution in [3.8, 4) is 0 Å². The van der Waals surface area contributed by atoms with E-state index in [0.717, 1.165) is 20.8 Å². The zero-order chi connectivity index (χ0) is 14.1. The van der Waals surface area contributed by atoms with Crippen LogP contribution in [-0.2, 0) is 6.54 Å². The highest BCUT2D eigenvalue weighted by Crippen LogP contribution is 2.31. The van der Waals surface area contributed by atoms with Gasteiger partial charge in [0.1, 0.15) is 9.71 Å². The van der Waals surface area contributed by atoms with Gasteiger partial charge >= 0.3 is 0 Å². The number of aromatic nitrogens is 2. The van der Waals surface area contributed by atoms with E-state index >= 15 is 0 Å². The molecular weight excluding hydrogens is 292 g/mol. The Morgan fingerprint density at radius 1 is 1.45 bits per heavy atom. The van der Waals surface area contributed by atoms with E-state index in [9.17, 15) is 4.79 Å². The Kier molecular flexibility index (Phi) is 3.37. The number of carbonyl (C=O) groups is 1. The zero-order valence-electron chi connectivity index (χ0n) is 10.7. The highest BCUT2D eigenvalue weighted by molar-refractivity contribution is 7.21. The van der Waals surface area contributed by atoms with Gasteiger partial charge in [-0.2, -0.15) is 0 Å².